The monoisotopic (exact) mass is 330 g/mol. The van der Waals surface area contributed by atoms with Crippen LogP contribution in [0.3, 0.4) is 0 Å². The van der Waals surface area contributed by atoms with Crippen LogP contribution in [0.4, 0.5) is 5.69 Å². The van der Waals surface area contributed by atoms with E-state index < -0.39 is 0 Å². The van der Waals surface area contributed by atoms with Crippen LogP contribution in [-0.2, 0) is 6.54 Å². The highest BCUT2D eigenvalue weighted by Crippen LogP contribution is 2.19. The Morgan fingerprint density at radius 1 is 1.13 bits per heavy atom. The summed E-state index contributed by atoms with van der Waals surface area (Å²) in [6.07, 6.45) is 1.65. The van der Waals surface area contributed by atoms with Crippen LogP contribution in [0.2, 0.25) is 5.02 Å². The van der Waals surface area contributed by atoms with E-state index in [1.54, 1.807) is 6.20 Å². The van der Waals surface area contributed by atoms with Gasteiger partial charge in [0.2, 0.25) is 0 Å². The standard InChI is InChI=1S/C16H19ClN6/c17-13-3-5-15(6-4-13)22-8-10-23(11-9-22)16(18)19-12-14-2-1-7-20-21-14/h1-7H,8-12H2,(H2,18,19). The van der Waals surface area contributed by atoms with Gasteiger partial charge in [0, 0.05) is 43.1 Å². The Balaban J connectivity index is 1.54. The minimum atomic E-state index is 0.455. The molecule has 1 fully saturated rings. The van der Waals surface area contributed by atoms with Crippen LogP contribution in [0.1, 0.15) is 5.69 Å². The minimum Gasteiger partial charge on any atom is -0.370 e. The van der Waals surface area contributed by atoms with Crippen molar-refractivity contribution in [2.45, 2.75) is 6.54 Å². The number of rotatable bonds is 3. The molecule has 0 bridgehead atoms. The summed E-state index contributed by atoms with van der Waals surface area (Å²) in [5.41, 5.74) is 8.09. The molecule has 120 valence electrons. The van der Waals surface area contributed by atoms with Gasteiger partial charge in [-0.2, -0.15) is 10.2 Å². The number of hydrogen-bond acceptors (Lipinski definition) is 4. The van der Waals surface area contributed by atoms with Gasteiger partial charge in [-0.3, -0.25) is 0 Å². The average Bonchev–Trinajstić information content (AvgIpc) is 2.61. The lowest BCUT2D eigenvalue weighted by molar-refractivity contribution is 0.380. The van der Waals surface area contributed by atoms with Gasteiger partial charge in [-0.05, 0) is 36.4 Å². The number of benzene rings is 1. The molecule has 0 spiro atoms. The van der Waals surface area contributed by atoms with Gasteiger partial charge < -0.3 is 15.5 Å². The van der Waals surface area contributed by atoms with Crippen LogP contribution in [0.5, 0.6) is 0 Å². The van der Waals surface area contributed by atoms with Gasteiger partial charge in [0.1, 0.15) is 0 Å². The highest BCUT2D eigenvalue weighted by Gasteiger charge is 2.18. The number of hydrogen-bond donors (Lipinski definition) is 1. The molecule has 0 saturated carbocycles. The van der Waals surface area contributed by atoms with Gasteiger partial charge in [0.15, 0.2) is 5.96 Å². The van der Waals surface area contributed by atoms with Gasteiger partial charge in [-0.1, -0.05) is 11.6 Å². The normalized spacial score (nSPS) is 15.8. The highest BCUT2D eigenvalue weighted by molar-refractivity contribution is 6.30. The largest absolute Gasteiger partial charge is 0.370 e. The second-order valence-corrected chi connectivity index (χ2v) is 5.78. The molecule has 1 aromatic carbocycles. The fourth-order valence-corrected chi connectivity index (χ4v) is 2.65. The molecular formula is C16H19ClN6. The van der Waals surface area contributed by atoms with E-state index in [-0.39, 0.29) is 0 Å². The van der Waals surface area contributed by atoms with Crippen molar-refractivity contribution in [1.29, 1.82) is 0 Å². The SMILES string of the molecule is NC(=NCc1cccnn1)N1CCN(c2ccc(Cl)cc2)CC1. The third-order valence-corrected chi connectivity index (χ3v) is 4.08. The lowest BCUT2D eigenvalue weighted by atomic mass is 10.2. The summed E-state index contributed by atoms with van der Waals surface area (Å²) in [7, 11) is 0. The van der Waals surface area contributed by atoms with Crippen molar-refractivity contribution in [2.75, 3.05) is 31.1 Å². The Hall–Kier alpha value is -2.34. The van der Waals surface area contributed by atoms with E-state index >= 15 is 0 Å². The summed E-state index contributed by atoms with van der Waals surface area (Å²) in [4.78, 5) is 8.83. The summed E-state index contributed by atoms with van der Waals surface area (Å²) < 4.78 is 0. The van der Waals surface area contributed by atoms with Crippen molar-refractivity contribution in [1.82, 2.24) is 15.1 Å². The predicted molar refractivity (Wildman–Crippen MR) is 92.6 cm³/mol. The zero-order valence-corrected chi connectivity index (χ0v) is 13.5. The first-order chi connectivity index (χ1) is 11.2. The van der Waals surface area contributed by atoms with Gasteiger partial charge in [-0.15, -0.1) is 0 Å². The van der Waals surface area contributed by atoms with E-state index in [0.29, 0.717) is 12.5 Å². The number of nitrogens with two attached hydrogens (primary N) is 1. The van der Waals surface area contributed by atoms with Crippen LogP contribution in [0.25, 0.3) is 0 Å². The summed E-state index contributed by atoms with van der Waals surface area (Å²) in [5.74, 6) is 0.561. The molecule has 0 aliphatic carbocycles. The van der Waals surface area contributed by atoms with Crippen LogP contribution >= 0.6 is 11.6 Å². The molecule has 0 amide bonds. The summed E-state index contributed by atoms with van der Waals surface area (Å²) in [5, 5.41) is 8.60. The lowest BCUT2D eigenvalue weighted by Gasteiger charge is -2.36. The fraction of sp³-hybridized carbons (Fsp3) is 0.312. The number of aliphatic imine (C=N–C) groups is 1. The van der Waals surface area contributed by atoms with E-state index in [0.717, 1.165) is 36.9 Å². The molecule has 2 heterocycles. The molecule has 0 radical (unpaired) electrons. The van der Waals surface area contributed by atoms with E-state index in [4.69, 9.17) is 17.3 Å². The second-order valence-electron chi connectivity index (χ2n) is 5.34. The minimum absolute atomic E-state index is 0.455. The maximum Gasteiger partial charge on any atom is 0.191 e. The molecule has 1 aromatic heterocycles. The maximum atomic E-state index is 6.09. The number of piperazine rings is 1. The molecule has 1 saturated heterocycles. The van der Waals surface area contributed by atoms with Gasteiger partial charge in [0.05, 0.1) is 12.2 Å². The first kappa shape index (κ1) is 15.6. The molecule has 1 aliphatic rings. The second kappa shape index (κ2) is 7.28. The third kappa shape index (κ3) is 4.10. The van der Waals surface area contributed by atoms with Gasteiger partial charge in [0.25, 0.3) is 0 Å². The molecule has 3 rings (SSSR count). The number of aromatic nitrogens is 2. The molecule has 0 atom stereocenters. The van der Waals surface area contributed by atoms with Crippen LogP contribution in [0, 0.1) is 0 Å². The molecule has 2 aromatic rings. The lowest BCUT2D eigenvalue weighted by Crippen LogP contribution is -2.51. The topological polar surface area (TPSA) is 70.6 Å². The molecule has 1 aliphatic heterocycles. The van der Waals surface area contributed by atoms with E-state index in [2.05, 4.69) is 25.0 Å². The number of halogens is 1. The van der Waals surface area contributed by atoms with Crippen molar-refractivity contribution in [3.05, 3.63) is 53.3 Å². The molecule has 0 unspecified atom stereocenters. The smallest absolute Gasteiger partial charge is 0.191 e. The van der Waals surface area contributed by atoms with Crippen molar-refractivity contribution in [3.8, 4) is 0 Å². The molecule has 2 N–H and O–H groups in total. The van der Waals surface area contributed by atoms with E-state index in [1.807, 2.05) is 36.4 Å². The molecular weight excluding hydrogens is 312 g/mol. The van der Waals surface area contributed by atoms with Crippen molar-refractivity contribution >= 4 is 23.2 Å². The van der Waals surface area contributed by atoms with Crippen LogP contribution < -0.4 is 10.6 Å². The highest BCUT2D eigenvalue weighted by atomic mass is 35.5. The number of nitrogens with zero attached hydrogens (tertiary/aromatic N) is 5. The first-order valence-electron chi connectivity index (χ1n) is 7.54. The number of guanidine groups is 1. The fourth-order valence-electron chi connectivity index (χ4n) is 2.53. The predicted octanol–water partition coefficient (Wildman–Crippen LogP) is 1.77. The van der Waals surface area contributed by atoms with Gasteiger partial charge >= 0.3 is 0 Å². The maximum absolute atomic E-state index is 6.09. The van der Waals surface area contributed by atoms with Crippen molar-refractivity contribution in [2.24, 2.45) is 10.7 Å². The van der Waals surface area contributed by atoms with Crippen LogP contribution in [0.15, 0.2) is 47.6 Å². The molecule has 6 nitrogen and oxygen atoms in total. The Morgan fingerprint density at radius 3 is 2.52 bits per heavy atom. The average molecular weight is 331 g/mol. The summed E-state index contributed by atoms with van der Waals surface area (Å²) >= 11 is 5.93. The summed E-state index contributed by atoms with van der Waals surface area (Å²) in [6, 6.07) is 11.7. The Labute approximate surface area is 140 Å². The third-order valence-electron chi connectivity index (χ3n) is 3.83. The van der Waals surface area contributed by atoms with Gasteiger partial charge in [-0.25, -0.2) is 4.99 Å². The summed E-state index contributed by atoms with van der Waals surface area (Å²) in [6.45, 7) is 3.96. The molecule has 23 heavy (non-hydrogen) atoms. The first-order valence-corrected chi connectivity index (χ1v) is 7.92. The van der Waals surface area contributed by atoms with E-state index in [9.17, 15) is 0 Å². The zero-order chi connectivity index (χ0) is 16.1. The van der Waals surface area contributed by atoms with E-state index in [1.165, 1.54) is 5.69 Å². The quantitative estimate of drug-likeness (QED) is 0.686. The Kier molecular flexibility index (Phi) is 4.92. The molecule has 7 heteroatoms. The Bertz CT molecular complexity index is 650. The van der Waals surface area contributed by atoms with Crippen molar-refractivity contribution < 1.29 is 0 Å². The Morgan fingerprint density at radius 2 is 1.87 bits per heavy atom. The number of anilines is 1. The zero-order valence-electron chi connectivity index (χ0n) is 12.8. The van der Waals surface area contributed by atoms with Crippen LogP contribution in [-0.4, -0.2) is 47.2 Å². The van der Waals surface area contributed by atoms with Crippen molar-refractivity contribution in [3.63, 3.8) is 0 Å².